The van der Waals surface area contributed by atoms with E-state index in [1.807, 2.05) is 0 Å². The number of ether oxygens (including phenoxy) is 1. The van der Waals surface area contributed by atoms with Crippen molar-refractivity contribution >= 4 is 29.2 Å². The fraction of sp³-hybridized carbons (Fsp3) is 0.250. The van der Waals surface area contributed by atoms with Crippen molar-refractivity contribution in [2.45, 2.75) is 6.43 Å². The number of hydrogen-bond acceptors (Lipinski definition) is 3. The lowest BCUT2D eigenvalue weighted by Crippen LogP contribution is -2.05. The fourth-order valence-electron chi connectivity index (χ4n) is 0.921. The van der Waals surface area contributed by atoms with E-state index in [1.54, 1.807) is 0 Å². The molecule has 15 heavy (non-hydrogen) atoms. The Hall–Kier alpha value is -0.940. The minimum absolute atomic E-state index is 0.237. The van der Waals surface area contributed by atoms with Crippen LogP contribution in [0.4, 0.5) is 8.78 Å². The second-order valence-corrected chi connectivity index (χ2v) is 3.22. The summed E-state index contributed by atoms with van der Waals surface area (Å²) < 4.78 is 29.3. The largest absolute Gasteiger partial charge is 0.465 e. The van der Waals surface area contributed by atoms with Gasteiger partial charge in [0.15, 0.2) is 0 Å². The molecular formula is C8H5Cl2F2NO2. The first-order chi connectivity index (χ1) is 6.99. The molecule has 0 aliphatic rings. The second-order valence-electron chi connectivity index (χ2n) is 2.48. The molecule has 0 saturated heterocycles. The van der Waals surface area contributed by atoms with Crippen LogP contribution in [0.2, 0.25) is 10.2 Å². The predicted octanol–water partition coefficient (Wildman–Crippen LogP) is 3.11. The summed E-state index contributed by atoms with van der Waals surface area (Å²) >= 11 is 11.0. The molecule has 0 aliphatic heterocycles. The summed E-state index contributed by atoms with van der Waals surface area (Å²) in [5.74, 6) is -0.842. The fourth-order valence-corrected chi connectivity index (χ4v) is 1.49. The molecule has 1 rings (SSSR count). The van der Waals surface area contributed by atoms with Gasteiger partial charge in [-0.3, -0.25) is 0 Å². The van der Waals surface area contributed by atoms with Gasteiger partial charge in [-0.15, -0.1) is 0 Å². The van der Waals surface area contributed by atoms with Crippen LogP contribution in [0.1, 0.15) is 22.3 Å². The molecule has 1 aromatic rings. The van der Waals surface area contributed by atoms with E-state index in [4.69, 9.17) is 23.2 Å². The summed E-state index contributed by atoms with van der Waals surface area (Å²) in [6, 6.07) is 0. The van der Waals surface area contributed by atoms with Gasteiger partial charge in [-0.2, -0.15) is 0 Å². The first-order valence-corrected chi connectivity index (χ1v) is 4.45. The van der Waals surface area contributed by atoms with Gasteiger partial charge in [0, 0.05) is 6.20 Å². The predicted molar refractivity (Wildman–Crippen MR) is 50.6 cm³/mol. The number of aromatic nitrogens is 1. The first kappa shape index (κ1) is 12.1. The number of alkyl halides is 2. The number of carbonyl (C=O) groups excluding carboxylic acids is 1. The van der Waals surface area contributed by atoms with Crippen molar-refractivity contribution in [2.24, 2.45) is 0 Å². The van der Waals surface area contributed by atoms with E-state index in [2.05, 4.69) is 9.72 Å². The number of nitrogens with zero attached hydrogens (tertiary/aromatic N) is 1. The van der Waals surface area contributed by atoms with Gasteiger partial charge in [0.2, 0.25) is 0 Å². The molecule has 0 aliphatic carbocycles. The average molecular weight is 256 g/mol. The van der Waals surface area contributed by atoms with Crippen molar-refractivity contribution in [3.05, 3.63) is 27.5 Å². The standard InChI is InChI=1S/C8H5Cl2F2NO2/c1-15-8(14)3-2-13-6(10)4(5(3)9)7(11)12/h2,7H,1H3. The summed E-state index contributed by atoms with van der Waals surface area (Å²) in [5, 5.41) is -0.862. The summed E-state index contributed by atoms with van der Waals surface area (Å²) in [6.07, 6.45) is -1.91. The Kier molecular flexibility index (Phi) is 3.82. The lowest BCUT2D eigenvalue weighted by atomic mass is 10.2. The maximum atomic E-state index is 12.5. The summed E-state index contributed by atoms with van der Waals surface area (Å²) in [6.45, 7) is 0. The van der Waals surface area contributed by atoms with Gasteiger partial charge >= 0.3 is 5.97 Å². The van der Waals surface area contributed by atoms with Crippen LogP contribution < -0.4 is 0 Å². The maximum absolute atomic E-state index is 12.5. The molecule has 0 amide bonds. The van der Waals surface area contributed by atoms with Crippen LogP contribution in [0, 0.1) is 0 Å². The summed E-state index contributed by atoms with van der Waals surface area (Å²) in [5.41, 5.74) is -0.903. The number of pyridine rings is 1. The van der Waals surface area contributed by atoms with Crippen LogP contribution in [0.15, 0.2) is 6.20 Å². The molecule has 0 fully saturated rings. The number of halogens is 4. The van der Waals surface area contributed by atoms with Gasteiger partial charge in [0.05, 0.1) is 23.3 Å². The van der Waals surface area contributed by atoms with Crippen molar-refractivity contribution in [2.75, 3.05) is 7.11 Å². The van der Waals surface area contributed by atoms with E-state index in [1.165, 1.54) is 0 Å². The van der Waals surface area contributed by atoms with E-state index < -0.39 is 28.1 Å². The van der Waals surface area contributed by atoms with Gasteiger partial charge in [0.25, 0.3) is 6.43 Å². The first-order valence-electron chi connectivity index (χ1n) is 3.69. The van der Waals surface area contributed by atoms with E-state index in [0.717, 1.165) is 13.3 Å². The zero-order valence-electron chi connectivity index (χ0n) is 7.43. The molecule has 0 N–H and O–H groups in total. The third-order valence-corrected chi connectivity index (χ3v) is 2.33. The Balaban J connectivity index is 3.35. The number of hydrogen-bond donors (Lipinski definition) is 0. The minimum atomic E-state index is -2.90. The SMILES string of the molecule is COC(=O)c1cnc(Cl)c(C(F)F)c1Cl. The highest BCUT2D eigenvalue weighted by Crippen LogP contribution is 2.34. The van der Waals surface area contributed by atoms with Crippen LogP contribution >= 0.6 is 23.2 Å². The Morgan fingerprint density at radius 1 is 1.53 bits per heavy atom. The van der Waals surface area contributed by atoms with Crippen molar-refractivity contribution in [1.82, 2.24) is 4.98 Å². The van der Waals surface area contributed by atoms with Crippen LogP contribution in [0.5, 0.6) is 0 Å². The molecule has 0 radical (unpaired) electrons. The van der Waals surface area contributed by atoms with Gasteiger partial charge in [-0.1, -0.05) is 23.2 Å². The lowest BCUT2D eigenvalue weighted by Gasteiger charge is -2.08. The van der Waals surface area contributed by atoms with E-state index in [9.17, 15) is 13.6 Å². The van der Waals surface area contributed by atoms with Crippen LogP contribution in [-0.2, 0) is 4.74 Å². The number of rotatable bonds is 2. The third kappa shape index (κ3) is 2.35. The van der Waals surface area contributed by atoms with Crippen LogP contribution in [0.25, 0.3) is 0 Å². The summed E-state index contributed by atoms with van der Waals surface area (Å²) in [4.78, 5) is 14.5. The van der Waals surface area contributed by atoms with Crippen molar-refractivity contribution in [3.63, 3.8) is 0 Å². The normalized spacial score (nSPS) is 10.5. The molecule has 0 atom stereocenters. The Morgan fingerprint density at radius 3 is 2.60 bits per heavy atom. The van der Waals surface area contributed by atoms with Gasteiger partial charge in [0.1, 0.15) is 5.15 Å². The van der Waals surface area contributed by atoms with E-state index in [0.29, 0.717) is 0 Å². The van der Waals surface area contributed by atoms with Gasteiger partial charge in [-0.25, -0.2) is 18.6 Å². The highest BCUT2D eigenvalue weighted by Gasteiger charge is 2.23. The maximum Gasteiger partial charge on any atom is 0.340 e. The molecule has 7 heteroatoms. The zero-order valence-corrected chi connectivity index (χ0v) is 8.94. The number of carbonyl (C=O) groups is 1. The van der Waals surface area contributed by atoms with E-state index >= 15 is 0 Å². The molecule has 1 heterocycles. The number of methoxy groups -OCH3 is 1. The highest BCUT2D eigenvalue weighted by atomic mass is 35.5. The molecule has 0 bridgehead atoms. The molecule has 0 spiro atoms. The minimum Gasteiger partial charge on any atom is -0.465 e. The number of esters is 1. The molecule has 0 saturated carbocycles. The second kappa shape index (κ2) is 4.72. The van der Waals surface area contributed by atoms with Crippen LogP contribution in [0.3, 0.4) is 0 Å². The quantitative estimate of drug-likeness (QED) is 0.602. The molecule has 0 aromatic carbocycles. The smallest absolute Gasteiger partial charge is 0.340 e. The molecule has 1 aromatic heterocycles. The molecular weight excluding hydrogens is 251 g/mol. The third-order valence-electron chi connectivity index (χ3n) is 1.63. The van der Waals surface area contributed by atoms with Gasteiger partial charge < -0.3 is 4.74 Å². The zero-order chi connectivity index (χ0) is 11.6. The monoisotopic (exact) mass is 255 g/mol. The van der Waals surface area contributed by atoms with Crippen molar-refractivity contribution in [3.8, 4) is 0 Å². The van der Waals surface area contributed by atoms with Crippen LogP contribution in [-0.4, -0.2) is 18.1 Å². The average Bonchev–Trinajstić information content (AvgIpc) is 2.16. The lowest BCUT2D eigenvalue weighted by molar-refractivity contribution is 0.0600. The van der Waals surface area contributed by atoms with Gasteiger partial charge in [-0.05, 0) is 0 Å². The van der Waals surface area contributed by atoms with Crippen molar-refractivity contribution in [1.29, 1.82) is 0 Å². The molecule has 0 unspecified atom stereocenters. The summed E-state index contributed by atoms with van der Waals surface area (Å²) in [7, 11) is 1.11. The van der Waals surface area contributed by atoms with Crippen molar-refractivity contribution < 1.29 is 18.3 Å². The molecule has 3 nitrogen and oxygen atoms in total. The van der Waals surface area contributed by atoms with E-state index in [-0.39, 0.29) is 5.56 Å². The Morgan fingerprint density at radius 2 is 2.13 bits per heavy atom. The Bertz CT molecular complexity index is 398. The highest BCUT2D eigenvalue weighted by molar-refractivity contribution is 6.37. The molecule has 82 valence electrons. The topological polar surface area (TPSA) is 39.2 Å². The Labute approximate surface area is 94.0 Å².